The molecule has 1 atom stereocenters. The molecule has 2 N–H and O–H groups in total. The van der Waals surface area contributed by atoms with Crippen LogP contribution in [0, 0.1) is 6.92 Å². The van der Waals surface area contributed by atoms with Crippen molar-refractivity contribution in [2.75, 3.05) is 12.4 Å². The van der Waals surface area contributed by atoms with Crippen molar-refractivity contribution in [3.63, 3.8) is 0 Å². The summed E-state index contributed by atoms with van der Waals surface area (Å²) in [5.41, 5.74) is 3.81. The van der Waals surface area contributed by atoms with Crippen LogP contribution in [0.15, 0.2) is 48.5 Å². The molecule has 0 unspecified atom stereocenters. The monoisotopic (exact) mass is 268 g/mol. The largest absolute Gasteiger partial charge is 0.387 e. The molecule has 0 radical (unpaired) electrons. The average molecular weight is 268 g/mol. The van der Waals surface area contributed by atoms with Crippen LogP contribution in [0.25, 0.3) is 0 Å². The summed E-state index contributed by atoms with van der Waals surface area (Å²) in [5, 5.41) is 6.06. The van der Waals surface area contributed by atoms with Crippen LogP contribution in [-0.2, 0) is 0 Å². The van der Waals surface area contributed by atoms with Crippen molar-refractivity contribution < 1.29 is 4.79 Å². The van der Waals surface area contributed by atoms with Crippen molar-refractivity contribution in [3.05, 3.63) is 65.2 Å². The van der Waals surface area contributed by atoms with Crippen molar-refractivity contribution in [1.82, 2.24) is 5.32 Å². The Bertz CT molecular complexity index is 590. The molecule has 0 aliphatic rings. The number of carbonyl (C=O) groups is 1. The molecule has 20 heavy (non-hydrogen) atoms. The van der Waals surface area contributed by atoms with Crippen LogP contribution in [0.2, 0.25) is 0 Å². The Hall–Kier alpha value is -2.29. The zero-order valence-corrected chi connectivity index (χ0v) is 12.1. The highest BCUT2D eigenvalue weighted by Crippen LogP contribution is 2.17. The van der Waals surface area contributed by atoms with E-state index in [1.54, 1.807) is 0 Å². The minimum Gasteiger partial charge on any atom is -0.387 e. The molecule has 1 amide bonds. The van der Waals surface area contributed by atoms with E-state index in [9.17, 15) is 4.79 Å². The first kappa shape index (κ1) is 14.1. The van der Waals surface area contributed by atoms with E-state index in [4.69, 9.17) is 0 Å². The Morgan fingerprint density at radius 3 is 2.35 bits per heavy atom. The molecule has 0 aromatic heterocycles. The third kappa shape index (κ3) is 3.18. The van der Waals surface area contributed by atoms with Gasteiger partial charge in [-0.25, -0.2) is 0 Å². The maximum absolute atomic E-state index is 12.3. The molecule has 0 heterocycles. The highest BCUT2D eigenvalue weighted by atomic mass is 16.1. The number of anilines is 1. The molecule has 0 saturated heterocycles. The van der Waals surface area contributed by atoms with E-state index in [0.717, 1.165) is 11.3 Å². The number of carbonyl (C=O) groups excluding carboxylic acids is 1. The molecule has 0 bridgehead atoms. The molecule has 0 spiro atoms. The topological polar surface area (TPSA) is 41.1 Å². The molecular weight excluding hydrogens is 248 g/mol. The van der Waals surface area contributed by atoms with Crippen LogP contribution in [-0.4, -0.2) is 13.0 Å². The lowest BCUT2D eigenvalue weighted by atomic mass is 10.1. The fourth-order valence-electron chi connectivity index (χ4n) is 2.11. The lowest BCUT2D eigenvalue weighted by Crippen LogP contribution is -2.27. The summed E-state index contributed by atoms with van der Waals surface area (Å²) >= 11 is 0. The number of aryl methyl sites for hydroxylation is 1. The van der Waals surface area contributed by atoms with Crippen molar-refractivity contribution >= 4 is 11.6 Å². The lowest BCUT2D eigenvalue weighted by Gasteiger charge is -2.16. The fourth-order valence-corrected chi connectivity index (χ4v) is 2.11. The first-order chi connectivity index (χ1) is 9.61. The van der Waals surface area contributed by atoms with Gasteiger partial charge >= 0.3 is 0 Å². The molecule has 2 aromatic carbocycles. The van der Waals surface area contributed by atoms with Gasteiger partial charge in [-0.2, -0.15) is 0 Å². The second-order valence-electron chi connectivity index (χ2n) is 4.90. The molecule has 3 nitrogen and oxygen atoms in total. The average Bonchev–Trinajstić information content (AvgIpc) is 2.47. The number of rotatable bonds is 4. The number of para-hydroxylation sites is 1. The van der Waals surface area contributed by atoms with E-state index < -0.39 is 0 Å². The fraction of sp³-hybridized carbons (Fsp3) is 0.235. The highest BCUT2D eigenvalue weighted by molar-refractivity contribution is 5.99. The summed E-state index contributed by atoms with van der Waals surface area (Å²) in [5.74, 6) is -0.0666. The van der Waals surface area contributed by atoms with Crippen molar-refractivity contribution in [3.8, 4) is 0 Å². The van der Waals surface area contributed by atoms with E-state index in [0.29, 0.717) is 5.56 Å². The maximum atomic E-state index is 12.3. The van der Waals surface area contributed by atoms with Crippen LogP contribution in [0.4, 0.5) is 5.69 Å². The molecule has 0 aliphatic heterocycles. The van der Waals surface area contributed by atoms with Gasteiger partial charge in [0.1, 0.15) is 0 Å². The van der Waals surface area contributed by atoms with Crippen molar-refractivity contribution in [2.45, 2.75) is 19.9 Å². The maximum Gasteiger partial charge on any atom is 0.253 e. The Labute approximate surface area is 120 Å². The molecule has 0 saturated carbocycles. The summed E-state index contributed by atoms with van der Waals surface area (Å²) in [6.45, 7) is 4.04. The normalized spacial score (nSPS) is 11.8. The van der Waals surface area contributed by atoms with Crippen molar-refractivity contribution in [1.29, 1.82) is 0 Å². The molecule has 104 valence electrons. The van der Waals surface area contributed by atoms with Gasteiger partial charge < -0.3 is 10.6 Å². The van der Waals surface area contributed by atoms with E-state index in [2.05, 4.69) is 29.7 Å². The summed E-state index contributed by atoms with van der Waals surface area (Å²) < 4.78 is 0. The summed E-state index contributed by atoms with van der Waals surface area (Å²) in [6, 6.07) is 15.7. The minimum absolute atomic E-state index is 0.0204. The van der Waals surface area contributed by atoms with Gasteiger partial charge in [-0.15, -0.1) is 0 Å². The van der Waals surface area contributed by atoms with Crippen molar-refractivity contribution in [2.24, 2.45) is 0 Å². The number of hydrogen-bond acceptors (Lipinski definition) is 2. The number of nitrogens with one attached hydrogen (secondary N) is 2. The van der Waals surface area contributed by atoms with Gasteiger partial charge in [0.15, 0.2) is 0 Å². The third-order valence-corrected chi connectivity index (χ3v) is 3.37. The summed E-state index contributed by atoms with van der Waals surface area (Å²) in [4.78, 5) is 12.3. The quantitative estimate of drug-likeness (QED) is 0.890. The first-order valence-corrected chi connectivity index (χ1v) is 6.76. The van der Waals surface area contributed by atoms with Gasteiger partial charge in [-0.3, -0.25) is 4.79 Å². The Balaban J connectivity index is 2.13. The van der Waals surface area contributed by atoms with E-state index in [1.165, 1.54) is 5.56 Å². The Morgan fingerprint density at radius 1 is 1.05 bits per heavy atom. The number of amides is 1. The zero-order valence-electron chi connectivity index (χ0n) is 12.1. The molecular formula is C17H20N2O. The van der Waals surface area contributed by atoms with Gasteiger partial charge in [0.2, 0.25) is 0 Å². The number of benzene rings is 2. The highest BCUT2D eigenvalue weighted by Gasteiger charge is 2.13. The van der Waals surface area contributed by atoms with Gasteiger partial charge in [0, 0.05) is 12.7 Å². The number of hydrogen-bond donors (Lipinski definition) is 2. The van der Waals surface area contributed by atoms with Crippen LogP contribution < -0.4 is 10.6 Å². The predicted octanol–water partition coefficient (Wildman–Crippen LogP) is 3.53. The smallest absolute Gasteiger partial charge is 0.253 e. The molecule has 2 rings (SSSR count). The standard InChI is InChI=1S/C17H20N2O/c1-12-8-10-14(11-9-12)13(2)19-17(20)15-6-4-5-7-16(15)18-3/h4-11,13,18H,1-3H3,(H,19,20)/t13-/m1/s1. The van der Waals surface area contributed by atoms with E-state index in [-0.39, 0.29) is 11.9 Å². The first-order valence-electron chi connectivity index (χ1n) is 6.76. The molecule has 0 fully saturated rings. The third-order valence-electron chi connectivity index (χ3n) is 3.37. The molecule has 0 aliphatic carbocycles. The Kier molecular flexibility index (Phi) is 4.41. The summed E-state index contributed by atoms with van der Waals surface area (Å²) in [7, 11) is 1.81. The van der Waals surface area contributed by atoms with Crippen LogP contribution in [0.1, 0.15) is 34.5 Å². The minimum atomic E-state index is -0.0666. The van der Waals surface area contributed by atoms with E-state index >= 15 is 0 Å². The van der Waals surface area contributed by atoms with Gasteiger partial charge in [-0.05, 0) is 31.5 Å². The zero-order chi connectivity index (χ0) is 14.5. The van der Waals surface area contributed by atoms with Gasteiger partial charge in [0.25, 0.3) is 5.91 Å². The Morgan fingerprint density at radius 2 is 1.70 bits per heavy atom. The SMILES string of the molecule is CNc1ccccc1C(=O)N[C@H](C)c1ccc(C)cc1. The van der Waals surface area contributed by atoms with Crippen LogP contribution in [0.5, 0.6) is 0 Å². The van der Waals surface area contributed by atoms with Crippen LogP contribution >= 0.6 is 0 Å². The predicted molar refractivity (Wildman–Crippen MR) is 83.0 cm³/mol. The van der Waals surface area contributed by atoms with Gasteiger partial charge in [-0.1, -0.05) is 42.0 Å². The van der Waals surface area contributed by atoms with Gasteiger partial charge in [0.05, 0.1) is 11.6 Å². The summed E-state index contributed by atoms with van der Waals surface area (Å²) in [6.07, 6.45) is 0. The van der Waals surface area contributed by atoms with Crippen LogP contribution in [0.3, 0.4) is 0 Å². The van der Waals surface area contributed by atoms with E-state index in [1.807, 2.05) is 50.4 Å². The second kappa shape index (κ2) is 6.24. The lowest BCUT2D eigenvalue weighted by molar-refractivity contribution is 0.0940. The second-order valence-corrected chi connectivity index (χ2v) is 4.90. The molecule has 3 heteroatoms. The molecule has 2 aromatic rings.